The summed E-state index contributed by atoms with van der Waals surface area (Å²) in [4.78, 5) is 0. The molecule has 0 heterocycles. The van der Waals surface area contributed by atoms with Crippen LogP contribution in [0.25, 0.3) is 11.1 Å². The number of benzene rings is 6. The Kier molecular flexibility index (Phi) is 9.53. The largest absolute Gasteiger partial charge is 0.496 e. The third-order valence-corrected chi connectivity index (χ3v) is 11.5. The molecule has 0 aliphatic rings. The van der Waals surface area contributed by atoms with Gasteiger partial charge in [-0.3, -0.25) is 0 Å². The minimum Gasteiger partial charge on any atom is -0.496 e. The first-order chi connectivity index (χ1) is 21.8. The van der Waals surface area contributed by atoms with Crippen LogP contribution in [0.1, 0.15) is 0 Å². The minimum absolute atomic E-state index is 0.766. The van der Waals surface area contributed by atoms with Crippen LogP contribution in [-0.2, 0) is 0 Å². The van der Waals surface area contributed by atoms with Crippen LogP contribution >= 0.6 is 16.1 Å². The molecule has 0 aromatic heterocycles. The first-order valence-electron chi connectivity index (χ1n) is 14.4. The lowest BCUT2D eigenvalue weighted by molar-refractivity contribution is 0.410. The number of anilines is 2. The van der Waals surface area contributed by atoms with Crippen LogP contribution < -0.4 is 40.9 Å². The Labute approximate surface area is 262 Å². The average molecular weight is 613 g/mol. The third kappa shape index (κ3) is 6.48. The molecule has 6 rings (SSSR count). The van der Waals surface area contributed by atoms with E-state index < -0.39 is 16.1 Å². The summed E-state index contributed by atoms with van der Waals surface area (Å²) in [6.07, 6.45) is 0. The van der Waals surface area contributed by atoms with Crippen molar-refractivity contribution >= 4 is 48.7 Å². The van der Waals surface area contributed by atoms with E-state index in [0.29, 0.717) is 0 Å². The molecule has 0 fully saturated rings. The zero-order valence-electron chi connectivity index (χ0n) is 24.7. The van der Waals surface area contributed by atoms with Crippen molar-refractivity contribution in [1.82, 2.24) is 0 Å². The molecule has 0 radical (unpaired) electrons. The van der Waals surface area contributed by atoms with Crippen molar-refractivity contribution in [3.05, 3.63) is 158 Å². The molecule has 0 unspecified atom stereocenters. The number of nitrogens with one attached hydrogen (secondary N) is 2. The second kappa shape index (κ2) is 14.2. The fourth-order valence-electron chi connectivity index (χ4n) is 5.21. The van der Waals surface area contributed by atoms with Gasteiger partial charge in [-0.05, 0) is 24.3 Å². The fourth-order valence-corrected chi connectivity index (χ4v) is 9.06. The van der Waals surface area contributed by atoms with Crippen molar-refractivity contribution in [2.45, 2.75) is 0 Å². The Balaban J connectivity index is 1.51. The maximum atomic E-state index is 6.05. The summed E-state index contributed by atoms with van der Waals surface area (Å²) >= 11 is 0. The standard InChI is InChI=1S/C38H34N2O2P2/c1-41-35-27-15-25-33(39-43(29-17-7-3-8-18-29)30-19-9-4-10-20-30)37(35)38-34(26-16-28-36(38)42-2)40-44(31-21-11-5-12-22-31)32-23-13-6-14-24-32/h3-28,39-40H,1-2H3. The molecule has 0 saturated heterocycles. The van der Waals surface area contributed by atoms with Gasteiger partial charge in [-0.2, -0.15) is 0 Å². The Morgan fingerprint density at radius 2 is 0.659 bits per heavy atom. The van der Waals surface area contributed by atoms with E-state index in [0.717, 1.165) is 34.0 Å². The predicted molar refractivity (Wildman–Crippen MR) is 190 cm³/mol. The van der Waals surface area contributed by atoms with E-state index in [1.807, 2.05) is 24.3 Å². The van der Waals surface area contributed by atoms with Crippen molar-refractivity contribution in [2.75, 3.05) is 24.4 Å². The van der Waals surface area contributed by atoms with Crippen LogP contribution in [0.2, 0.25) is 0 Å². The molecule has 2 N–H and O–H groups in total. The Morgan fingerprint density at radius 3 is 0.932 bits per heavy atom. The van der Waals surface area contributed by atoms with Crippen LogP contribution in [0.3, 0.4) is 0 Å². The van der Waals surface area contributed by atoms with E-state index in [1.54, 1.807) is 14.2 Å². The van der Waals surface area contributed by atoms with Crippen molar-refractivity contribution in [2.24, 2.45) is 0 Å². The van der Waals surface area contributed by atoms with E-state index in [9.17, 15) is 0 Å². The van der Waals surface area contributed by atoms with E-state index in [1.165, 1.54) is 21.2 Å². The highest BCUT2D eigenvalue weighted by Crippen LogP contribution is 2.50. The molecule has 0 aliphatic carbocycles. The van der Waals surface area contributed by atoms with Crippen LogP contribution in [-0.4, -0.2) is 14.2 Å². The van der Waals surface area contributed by atoms with Gasteiger partial charge in [-0.15, -0.1) is 0 Å². The van der Waals surface area contributed by atoms with Crippen LogP contribution in [0, 0.1) is 0 Å². The van der Waals surface area contributed by atoms with E-state index in [2.05, 4.69) is 144 Å². The second-order valence-electron chi connectivity index (χ2n) is 10.0. The van der Waals surface area contributed by atoms with Crippen molar-refractivity contribution < 1.29 is 9.47 Å². The summed E-state index contributed by atoms with van der Waals surface area (Å²) in [6.45, 7) is 0. The Hall–Kier alpha value is -4.62. The summed E-state index contributed by atoms with van der Waals surface area (Å²) in [7, 11) is 1.60. The molecule has 0 bridgehead atoms. The van der Waals surface area contributed by atoms with Crippen LogP contribution in [0.5, 0.6) is 11.5 Å². The number of rotatable bonds is 11. The first kappa shape index (κ1) is 29.5. The molecular formula is C38H34N2O2P2. The molecular weight excluding hydrogens is 578 g/mol. The van der Waals surface area contributed by atoms with Gasteiger partial charge in [-0.1, -0.05) is 133 Å². The normalized spacial score (nSPS) is 10.9. The average Bonchev–Trinajstić information content (AvgIpc) is 3.10. The predicted octanol–water partition coefficient (Wildman–Crippen LogP) is 8.29. The number of hydrogen-bond acceptors (Lipinski definition) is 4. The van der Waals surface area contributed by atoms with Gasteiger partial charge >= 0.3 is 0 Å². The zero-order chi connectivity index (χ0) is 30.1. The summed E-state index contributed by atoms with van der Waals surface area (Å²) in [6, 6.07) is 54.9. The first-order valence-corrected chi connectivity index (χ1v) is 17.1. The van der Waals surface area contributed by atoms with Gasteiger partial charge in [0.2, 0.25) is 0 Å². The summed E-state index contributed by atoms with van der Waals surface area (Å²) in [5, 5.41) is 12.8. The van der Waals surface area contributed by atoms with E-state index in [4.69, 9.17) is 9.47 Å². The molecule has 218 valence electrons. The molecule has 0 amide bonds. The highest BCUT2D eigenvalue weighted by atomic mass is 31.1. The highest BCUT2D eigenvalue weighted by molar-refractivity contribution is 7.74. The van der Waals surface area contributed by atoms with Gasteiger partial charge in [0.25, 0.3) is 0 Å². The van der Waals surface area contributed by atoms with Crippen molar-refractivity contribution in [3.8, 4) is 22.6 Å². The van der Waals surface area contributed by atoms with Crippen LogP contribution in [0.15, 0.2) is 158 Å². The Morgan fingerprint density at radius 1 is 0.364 bits per heavy atom. The quantitative estimate of drug-likeness (QED) is 0.145. The monoisotopic (exact) mass is 612 g/mol. The van der Waals surface area contributed by atoms with Gasteiger partial charge in [0.05, 0.1) is 41.5 Å². The molecule has 0 aliphatic heterocycles. The Bertz CT molecular complexity index is 1570. The van der Waals surface area contributed by atoms with Crippen molar-refractivity contribution in [1.29, 1.82) is 0 Å². The molecule has 6 aromatic carbocycles. The maximum Gasteiger partial charge on any atom is 0.128 e. The third-order valence-electron chi connectivity index (χ3n) is 7.26. The van der Waals surface area contributed by atoms with Crippen LogP contribution in [0.4, 0.5) is 11.4 Å². The fraction of sp³-hybridized carbons (Fsp3) is 0.0526. The lowest BCUT2D eigenvalue weighted by atomic mass is 9.99. The zero-order valence-corrected chi connectivity index (χ0v) is 26.5. The summed E-state index contributed by atoms with van der Waals surface area (Å²) in [5.41, 5.74) is 3.84. The van der Waals surface area contributed by atoms with Crippen molar-refractivity contribution in [3.63, 3.8) is 0 Å². The van der Waals surface area contributed by atoms with Gasteiger partial charge in [0, 0.05) is 32.6 Å². The van der Waals surface area contributed by atoms with Gasteiger partial charge < -0.3 is 19.6 Å². The molecule has 6 heteroatoms. The summed E-state index contributed by atoms with van der Waals surface area (Å²) in [5.74, 6) is 1.53. The number of hydrogen-bond donors (Lipinski definition) is 2. The van der Waals surface area contributed by atoms with Gasteiger partial charge in [0.1, 0.15) is 11.5 Å². The molecule has 44 heavy (non-hydrogen) atoms. The van der Waals surface area contributed by atoms with Gasteiger partial charge in [-0.25, -0.2) is 0 Å². The van der Waals surface area contributed by atoms with Gasteiger partial charge in [0.15, 0.2) is 0 Å². The second-order valence-corrected chi connectivity index (χ2v) is 13.9. The summed E-state index contributed by atoms with van der Waals surface area (Å²) < 4.78 is 12.1. The molecule has 0 saturated carbocycles. The minimum atomic E-state index is -0.926. The maximum absolute atomic E-state index is 6.05. The SMILES string of the molecule is COc1cccc(NP(c2ccccc2)c2ccccc2)c1-c1c(NP(c2ccccc2)c2ccccc2)cccc1OC. The lowest BCUT2D eigenvalue weighted by Gasteiger charge is -2.27. The number of methoxy groups -OCH3 is 2. The van der Waals surface area contributed by atoms with E-state index >= 15 is 0 Å². The molecule has 0 atom stereocenters. The lowest BCUT2D eigenvalue weighted by Crippen LogP contribution is -2.18. The smallest absolute Gasteiger partial charge is 0.128 e. The molecule has 6 aromatic rings. The highest BCUT2D eigenvalue weighted by Gasteiger charge is 2.24. The topological polar surface area (TPSA) is 42.5 Å². The number of ether oxygens (including phenoxy) is 2. The molecule has 4 nitrogen and oxygen atoms in total. The van der Waals surface area contributed by atoms with E-state index in [-0.39, 0.29) is 0 Å². The molecule has 0 spiro atoms.